The Morgan fingerprint density at radius 2 is 2.00 bits per heavy atom. The van der Waals surface area contributed by atoms with Crippen LogP contribution in [0.15, 0.2) is 52.1 Å². The molecule has 4 nitrogen and oxygen atoms in total. The highest BCUT2D eigenvalue weighted by atomic mass is 32.2. The first-order valence-electron chi connectivity index (χ1n) is 8.37. The Bertz CT molecular complexity index is 933. The summed E-state index contributed by atoms with van der Waals surface area (Å²) in [5, 5.41) is 8.54. The number of ketones is 1. The van der Waals surface area contributed by atoms with Gasteiger partial charge in [-0.15, -0.1) is 10.2 Å². The number of benzene rings is 2. The lowest BCUT2D eigenvalue weighted by Gasteiger charge is -2.03. The zero-order valence-corrected chi connectivity index (χ0v) is 14.8. The maximum Gasteiger partial charge on any atom is 0.277 e. The molecule has 0 bridgehead atoms. The average Bonchev–Trinajstić information content (AvgIpc) is 3.28. The van der Waals surface area contributed by atoms with Crippen molar-refractivity contribution in [1.82, 2.24) is 10.2 Å². The van der Waals surface area contributed by atoms with Gasteiger partial charge in [-0.05, 0) is 55.5 Å². The van der Waals surface area contributed by atoms with Gasteiger partial charge in [0.25, 0.3) is 5.22 Å². The quantitative estimate of drug-likeness (QED) is 0.500. The van der Waals surface area contributed by atoms with Gasteiger partial charge in [0, 0.05) is 11.1 Å². The predicted octanol–water partition coefficient (Wildman–Crippen LogP) is 4.51. The van der Waals surface area contributed by atoms with E-state index < -0.39 is 0 Å². The third-order valence-corrected chi connectivity index (χ3v) is 5.24. The van der Waals surface area contributed by atoms with Crippen molar-refractivity contribution in [2.45, 2.75) is 31.4 Å². The number of Topliss-reactive ketones (excluding diaryl/α,β-unsaturated/α-hetero) is 1. The van der Waals surface area contributed by atoms with Crippen LogP contribution in [0.4, 0.5) is 0 Å². The molecule has 1 aromatic heterocycles. The third kappa shape index (κ3) is 3.51. The number of carbonyl (C=O) groups excluding carboxylic acids is 1. The fourth-order valence-electron chi connectivity index (χ4n) is 3.12. The van der Waals surface area contributed by atoms with Crippen LogP contribution >= 0.6 is 11.8 Å². The lowest BCUT2D eigenvalue weighted by atomic mass is 10.0. The number of aryl methyl sites for hydroxylation is 3. The van der Waals surface area contributed by atoms with Crippen molar-refractivity contribution in [3.63, 3.8) is 0 Å². The molecule has 4 rings (SSSR count). The molecule has 0 spiro atoms. The molecule has 0 N–H and O–H groups in total. The molecule has 5 heteroatoms. The van der Waals surface area contributed by atoms with Crippen LogP contribution in [0.3, 0.4) is 0 Å². The molecule has 0 unspecified atom stereocenters. The molecular weight excluding hydrogens is 332 g/mol. The number of rotatable bonds is 5. The van der Waals surface area contributed by atoms with Gasteiger partial charge in [0.1, 0.15) is 0 Å². The van der Waals surface area contributed by atoms with Gasteiger partial charge in [-0.2, -0.15) is 0 Å². The number of carbonyl (C=O) groups is 1. The van der Waals surface area contributed by atoms with Crippen molar-refractivity contribution >= 4 is 17.5 Å². The molecule has 0 saturated carbocycles. The maximum atomic E-state index is 12.4. The zero-order chi connectivity index (χ0) is 17.2. The molecule has 0 atom stereocenters. The third-order valence-electron chi connectivity index (χ3n) is 4.42. The summed E-state index contributed by atoms with van der Waals surface area (Å²) in [5.41, 5.74) is 5.49. The van der Waals surface area contributed by atoms with Crippen molar-refractivity contribution in [3.05, 3.63) is 64.7 Å². The smallest absolute Gasteiger partial charge is 0.277 e. The van der Waals surface area contributed by atoms with Crippen molar-refractivity contribution in [1.29, 1.82) is 0 Å². The summed E-state index contributed by atoms with van der Waals surface area (Å²) < 4.78 is 5.67. The molecule has 126 valence electrons. The van der Waals surface area contributed by atoms with Crippen molar-refractivity contribution in [3.8, 4) is 11.5 Å². The second-order valence-electron chi connectivity index (χ2n) is 6.29. The summed E-state index contributed by atoms with van der Waals surface area (Å²) in [4.78, 5) is 12.4. The fourth-order valence-corrected chi connectivity index (χ4v) is 3.78. The number of aromatic nitrogens is 2. The molecule has 0 amide bonds. The molecule has 1 heterocycles. The van der Waals surface area contributed by atoms with Gasteiger partial charge < -0.3 is 4.42 Å². The van der Waals surface area contributed by atoms with Crippen LogP contribution in [-0.2, 0) is 12.8 Å². The molecule has 25 heavy (non-hydrogen) atoms. The van der Waals surface area contributed by atoms with Gasteiger partial charge in [-0.1, -0.05) is 41.6 Å². The molecule has 1 aliphatic rings. The minimum atomic E-state index is 0.0926. The summed E-state index contributed by atoms with van der Waals surface area (Å²) in [5.74, 6) is 0.875. The Labute approximate surface area is 150 Å². The topological polar surface area (TPSA) is 56.0 Å². The van der Waals surface area contributed by atoms with E-state index in [1.807, 2.05) is 43.3 Å². The Morgan fingerprint density at radius 3 is 2.88 bits per heavy atom. The van der Waals surface area contributed by atoms with Crippen LogP contribution in [0, 0.1) is 6.92 Å². The number of hydrogen-bond acceptors (Lipinski definition) is 5. The van der Waals surface area contributed by atoms with Crippen molar-refractivity contribution < 1.29 is 9.21 Å². The van der Waals surface area contributed by atoms with Gasteiger partial charge in [-0.25, -0.2) is 0 Å². The summed E-state index contributed by atoms with van der Waals surface area (Å²) in [6.07, 6.45) is 3.39. The van der Waals surface area contributed by atoms with E-state index in [0.29, 0.717) is 16.9 Å². The maximum absolute atomic E-state index is 12.4. The van der Waals surface area contributed by atoms with Gasteiger partial charge >= 0.3 is 0 Å². The van der Waals surface area contributed by atoms with Crippen molar-refractivity contribution in [2.24, 2.45) is 0 Å². The number of nitrogens with zero attached hydrogens (tertiary/aromatic N) is 2. The van der Waals surface area contributed by atoms with Gasteiger partial charge in [-0.3, -0.25) is 4.79 Å². The summed E-state index contributed by atoms with van der Waals surface area (Å²) in [7, 11) is 0. The highest BCUT2D eigenvalue weighted by molar-refractivity contribution is 7.99. The van der Waals surface area contributed by atoms with Gasteiger partial charge in [0.05, 0.1) is 5.75 Å². The largest absolute Gasteiger partial charge is 0.411 e. The van der Waals surface area contributed by atoms with E-state index in [0.717, 1.165) is 29.5 Å². The van der Waals surface area contributed by atoms with E-state index >= 15 is 0 Å². The summed E-state index contributed by atoms with van der Waals surface area (Å²) >= 11 is 1.29. The second-order valence-corrected chi connectivity index (χ2v) is 7.22. The van der Waals surface area contributed by atoms with Crippen molar-refractivity contribution in [2.75, 3.05) is 5.75 Å². The molecular formula is C20H18N2O2S. The standard InChI is InChI=1S/C20H18N2O2S/c1-13-4-2-7-17(10-13)19-21-22-20(24-19)25-12-18(23)16-9-8-14-5-3-6-15(14)11-16/h2,4,7-11H,3,5-6,12H2,1H3. The molecule has 0 saturated heterocycles. The second kappa shape index (κ2) is 6.84. The van der Waals surface area contributed by atoms with Crippen LogP contribution in [0.1, 0.15) is 33.5 Å². The van der Waals surface area contributed by atoms with Crippen LogP contribution in [-0.4, -0.2) is 21.7 Å². The van der Waals surface area contributed by atoms with Crippen LogP contribution in [0.2, 0.25) is 0 Å². The first-order valence-corrected chi connectivity index (χ1v) is 9.36. The van der Waals surface area contributed by atoms with E-state index in [1.165, 1.54) is 29.3 Å². The van der Waals surface area contributed by atoms with E-state index in [4.69, 9.17) is 4.42 Å². The highest BCUT2D eigenvalue weighted by Crippen LogP contribution is 2.26. The van der Waals surface area contributed by atoms with Crippen LogP contribution in [0.25, 0.3) is 11.5 Å². The first-order chi connectivity index (χ1) is 12.2. The molecule has 3 aromatic rings. The fraction of sp³-hybridized carbons (Fsp3) is 0.250. The summed E-state index contributed by atoms with van der Waals surface area (Å²) in [6.45, 7) is 2.02. The minimum Gasteiger partial charge on any atom is -0.411 e. The SMILES string of the molecule is Cc1cccc(-c2nnc(SCC(=O)c3ccc4c(c3)CCC4)o2)c1. The van der Waals surface area contributed by atoms with Gasteiger partial charge in [0.15, 0.2) is 5.78 Å². The Kier molecular flexibility index (Phi) is 4.40. The monoisotopic (exact) mass is 350 g/mol. The lowest BCUT2D eigenvalue weighted by Crippen LogP contribution is -2.03. The summed E-state index contributed by atoms with van der Waals surface area (Å²) in [6, 6.07) is 14.0. The number of thioether (sulfide) groups is 1. The van der Waals surface area contributed by atoms with Crippen LogP contribution in [0.5, 0.6) is 0 Å². The molecule has 0 aliphatic heterocycles. The molecule has 0 radical (unpaired) electrons. The first kappa shape index (κ1) is 16.1. The number of hydrogen-bond donors (Lipinski definition) is 0. The molecule has 0 fully saturated rings. The predicted molar refractivity (Wildman–Crippen MR) is 98.0 cm³/mol. The van der Waals surface area contributed by atoms with E-state index in [-0.39, 0.29) is 5.78 Å². The Morgan fingerprint density at radius 1 is 1.12 bits per heavy atom. The zero-order valence-electron chi connectivity index (χ0n) is 14.0. The normalized spacial score (nSPS) is 13.0. The van der Waals surface area contributed by atoms with E-state index in [1.54, 1.807) is 0 Å². The van der Waals surface area contributed by atoms with Crippen LogP contribution < -0.4 is 0 Å². The lowest BCUT2D eigenvalue weighted by molar-refractivity contribution is 0.102. The Hall–Kier alpha value is -2.40. The number of fused-ring (bicyclic) bond motifs is 1. The highest BCUT2D eigenvalue weighted by Gasteiger charge is 2.16. The van der Waals surface area contributed by atoms with E-state index in [9.17, 15) is 4.79 Å². The molecule has 1 aliphatic carbocycles. The average molecular weight is 350 g/mol. The van der Waals surface area contributed by atoms with Gasteiger partial charge in [0.2, 0.25) is 5.89 Å². The minimum absolute atomic E-state index is 0.0926. The Balaban J connectivity index is 1.42. The van der Waals surface area contributed by atoms with E-state index in [2.05, 4.69) is 16.3 Å². The molecule has 2 aromatic carbocycles.